The fraction of sp³-hybridized carbons (Fsp3) is 1.00. The van der Waals surface area contributed by atoms with Gasteiger partial charge in [0.05, 0.1) is 6.61 Å². The van der Waals surface area contributed by atoms with E-state index in [0.29, 0.717) is 6.61 Å². The lowest BCUT2D eigenvalue weighted by Gasteiger charge is -2.20. The summed E-state index contributed by atoms with van der Waals surface area (Å²) in [7, 11) is 0. The fourth-order valence-corrected chi connectivity index (χ4v) is 1.68. The van der Waals surface area contributed by atoms with E-state index < -0.39 is 0 Å². The highest BCUT2D eigenvalue weighted by molar-refractivity contribution is 4.57. The fourth-order valence-electron chi connectivity index (χ4n) is 1.68. The van der Waals surface area contributed by atoms with Crippen LogP contribution >= 0.6 is 0 Å². The van der Waals surface area contributed by atoms with Crippen LogP contribution in [-0.4, -0.2) is 36.2 Å². The summed E-state index contributed by atoms with van der Waals surface area (Å²) < 4.78 is 0. The van der Waals surface area contributed by atoms with Crippen LogP contribution in [0.4, 0.5) is 0 Å². The van der Waals surface area contributed by atoms with Gasteiger partial charge in [-0.2, -0.15) is 0 Å². The second-order valence-electron chi connectivity index (χ2n) is 4.45. The molecule has 0 saturated carbocycles. The molecule has 0 heterocycles. The van der Waals surface area contributed by atoms with Crippen molar-refractivity contribution in [2.45, 2.75) is 46.5 Å². The Kier molecular flexibility index (Phi) is 9.42. The topological polar surface area (TPSA) is 23.5 Å². The van der Waals surface area contributed by atoms with Gasteiger partial charge in [-0.05, 0) is 31.8 Å². The molecule has 0 aromatic carbocycles. The van der Waals surface area contributed by atoms with Crippen LogP contribution in [-0.2, 0) is 0 Å². The number of hydrogen-bond donors (Lipinski definition) is 1. The van der Waals surface area contributed by atoms with E-state index in [1.54, 1.807) is 0 Å². The minimum Gasteiger partial charge on any atom is -0.395 e. The first-order chi connectivity index (χ1) is 6.70. The lowest BCUT2D eigenvalue weighted by Crippen LogP contribution is -2.28. The highest BCUT2D eigenvalue weighted by Crippen LogP contribution is 2.07. The van der Waals surface area contributed by atoms with Gasteiger partial charge in [0.15, 0.2) is 0 Å². The number of aliphatic hydroxyl groups excluding tert-OH is 1. The lowest BCUT2D eigenvalue weighted by molar-refractivity contribution is 0.192. The van der Waals surface area contributed by atoms with E-state index in [0.717, 1.165) is 25.6 Å². The molecule has 0 radical (unpaired) electrons. The third-order valence-electron chi connectivity index (χ3n) is 2.46. The molecule has 1 N–H and O–H groups in total. The van der Waals surface area contributed by atoms with Crippen molar-refractivity contribution in [2.24, 2.45) is 5.92 Å². The zero-order valence-corrected chi connectivity index (χ0v) is 10.1. The Morgan fingerprint density at radius 2 is 1.79 bits per heavy atom. The first-order valence-corrected chi connectivity index (χ1v) is 6.03. The van der Waals surface area contributed by atoms with E-state index in [-0.39, 0.29) is 0 Å². The summed E-state index contributed by atoms with van der Waals surface area (Å²) in [5, 5.41) is 8.87. The Balaban J connectivity index is 3.40. The van der Waals surface area contributed by atoms with Crippen molar-refractivity contribution >= 4 is 0 Å². The largest absolute Gasteiger partial charge is 0.395 e. The maximum atomic E-state index is 8.87. The average molecular weight is 201 g/mol. The SMILES string of the molecule is CCCN(CCO)CCCCC(C)C. The highest BCUT2D eigenvalue weighted by Gasteiger charge is 2.02. The van der Waals surface area contributed by atoms with Crippen LogP contribution in [0.25, 0.3) is 0 Å². The number of rotatable bonds is 9. The van der Waals surface area contributed by atoms with Crippen LogP contribution in [0, 0.1) is 5.92 Å². The van der Waals surface area contributed by atoms with Crippen molar-refractivity contribution in [3.05, 3.63) is 0 Å². The zero-order valence-electron chi connectivity index (χ0n) is 10.1. The summed E-state index contributed by atoms with van der Waals surface area (Å²) in [6.45, 7) is 10.2. The van der Waals surface area contributed by atoms with E-state index in [1.807, 2.05) is 0 Å². The van der Waals surface area contributed by atoms with Crippen LogP contribution in [0.1, 0.15) is 46.5 Å². The second kappa shape index (κ2) is 9.47. The molecule has 0 saturated heterocycles. The average Bonchev–Trinajstić information content (AvgIpc) is 2.12. The maximum Gasteiger partial charge on any atom is 0.0558 e. The van der Waals surface area contributed by atoms with Crippen LogP contribution in [0.2, 0.25) is 0 Å². The summed E-state index contributed by atoms with van der Waals surface area (Å²) in [4.78, 5) is 2.36. The van der Waals surface area contributed by atoms with Gasteiger partial charge in [-0.25, -0.2) is 0 Å². The summed E-state index contributed by atoms with van der Waals surface area (Å²) >= 11 is 0. The van der Waals surface area contributed by atoms with E-state index in [2.05, 4.69) is 25.7 Å². The van der Waals surface area contributed by atoms with Gasteiger partial charge in [0.2, 0.25) is 0 Å². The Labute approximate surface area is 89.3 Å². The summed E-state index contributed by atoms with van der Waals surface area (Å²) in [6.07, 6.45) is 5.12. The van der Waals surface area contributed by atoms with Crippen molar-refractivity contribution in [1.29, 1.82) is 0 Å². The Hall–Kier alpha value is -0.0800. The van der Waals surface area contributed by atoms with Gasteiger partial charge >= 0.3 is 0 Å². The maximum absolute atomic E-state index is 8.87. The molecule has 2 nitrogen and oxygen atoms in total. The monoisotopic (exact) mass is 201 g/mol. The molecule has 0 spiro atoms. The molecule has 0 aromatic rings. The number of nitrogens with zero attached hydrogens (tertiary/aromatic N) is 1. The van der Waals surface area contributed by atoms with Crippen LogP contribution in [0.3, 0.4) is 0 Å². The molecule has 0 bridgehead atoms. The van der Waals surface area contributed by atoms with Gasteiger partial charge in [-0.3, -0.25) is 0 Å². The Bertz CT molecular complexity index is 109. The molecular weight excluding hydrogens is 174 g/mol. The van der Waals surface area contributed by atoms with Crippen molar-refractivity contribution in [3.8, 4) is 0 Å². The summed E-state index contributed by atoms with van der Waals surface area (Å²) in [5.41, 5.74) is 0. The second-order valence-corrected chi connectivity index (χ2v) is 4.45. The summed E-state index contributed by atoms with van der Waals surface area (Å²) in [5.74, 6) is 0.826. The molecule has 0 aliphatic rings. The first kappa shape index (κ1) is 13.9. The zero-order chi connectivity index (χ0) is 10.8. The van der Waals surface area contributed by atoms with Gasteiger partial charge < -0.3 is 10.0 Å². The number of unbranched alkanes of at least 4 members (excludes halogenated alkanes) is 1. The van der Waals surface area contributed by atoms with E-state index in [4.69, 9.17) is 5.11 Å². The molecule has 0 aliphatic heterocycles. The highest BCUT2D eigenvalue weighted by atomic mass is 16.3. The van der Waals surface area contributed by atoms with Crippen LogP contribution in [0.15, 0.2) is 0 Å². The molecule has 0 aromatic heterocycles. The molecule has 0 fully saturated rings. The number of hydrogen-bond acceptors (Lipinski definition) is 2. The molecule has 0 atom stereocenters. The molecule has 0 unspecified atom stereocenters. The standard InChI is InChI=1S/C12H27NO/c1-4-8-13(10-11-14)9-6-5-7-12(2)3/h12,14H,4-11H2,1-3H3. The van der Waals surface area contributed by atoms with E-state index >= 15 is 0 Å². The van der Waals surface area contributed by atoms with Gasteiger partial charge in [0, 0.05) is 6.54 Å². The van der Waals surface area contributed by atoms with Gasteiger partial charge in [-0.15, -0.1) is 0 Å². The summed E-state index contributed by atoms with van der Waals surface area (Å²) in [6, 6.07) is 0. The van der Waals surface area contributed by atoms with Gasteiger partial charge in [0.1, 0.15) is 0 Å². The van der Waals surface area contributed by atoms with Crippen molar-refractivity contribution in [2.75, 3.05) is 26.2 Å². The first-order valence-electron chi connectivity index (χ1n) is 6.03. The molecule has 14 heavy (non-hydrogen) atoms. The third-order valence-corrected chi connectivity index (χ3v) is 2.46. The number of aliphatic hydroxyl groups is 1. The molecule has 2 heteroatoms. The predicted molar refractivity (Wildman–Crippen MR) is 62.5 cm³/mol. The van der Waals surface area contributed by atoms with Crippen molar-refractivity contribution < 1.29 is 5.11 Å². The molecule has 0 amide bonds. The lowest BCUT2D eigenvalue weighted by atomic mass is 10.1. The van der Waals surface area contributed by atoms with Crippen LogP contribution in [0.5, 0.6) is 0 Å². The molecule has 0 aliphatic carbocycles. The Morgan fingerprint density at radius 3 is 2.29 bits per heavy atom. The molecular formula is C12H27NO. The van der Waals surface area contributed by atoms with Crippen molar-refractivity contribution in [1.82, 2.24) is 4.90 Å². The molecule has 0 rings (SSSR count). The molecule has 86 valence electrons. The van der Waals surface area contributed by atoms with Gasteiger partial charge in [-0.1, -0.05) is 33.6 Å². The van der Waals surface area contributed by atoms with Crippen molar-refractivity contribution in [3.63, 3.8) is 0 Å². The quantitative estimate of drug-likeness (QED) is 0.579. The normalized spacial score (nSPS) is 11.6. The third kappa shape index (κ3) is 8.52. The van der Waals surface area contributed by atoms with E-state index in [9.17, 15) is 0 Å². The Morgan fingerprint density at radius 1 is 1.07 bits per heavy atom. The minimum atomic E-state index is 0.296. The smallest absolute Gasteiger partial charge is 0.0558 e. The van der Waals surface area contributed by atoms with Crippen LogP contribution < -0.4 is 0 Å². The van der Waals surface area contributed by atoms with E-state index in [1.165, 1.54) is 25.7 Å². The van der Waals surface area contributed by atoms with Gasteiger partial charge in [0.25, 0.3) is 0 Å². The predicted octanol–water partition coefficient (Wildman–Crippen LogP) is 2.52. The minimum absolute atomic E-state index is 0.296.